The number of carbonyl (C=O) groups excluding carboxylic acids is 2. The summed E-state index contributed by atoms with van der Waals surface area (Å²) in [5, 5.41) is 5.75. The van der Waals surface area contributed by atoms with Gasteiger partial charge >= 0.3 is 0 Å². The lowest BCUT2D eigenvalue weighted by Crippen LogP contribution is -2.33. The van der Waals surface area contributed by atoms with Crippen molar-refractivity contribution in [3.05, 3.63) is 65.4 Å². The van der Waals surface area contributed by atoms with E-state index in [0.29, 0.717) is 5.69 Å². The Balaban J connectivity index is 1.60. The van der Waals surface area contributed by atoms with E-state index >= 15 is 0 Å². The van der Waals surface area contributed by atoms with Gasteiger partial charge in [0.2, 0.25) is 5.91 Å². The lowest BCUT2D eigenvalue weighted by atomic mass is 10.2. The number of fused-ring (bicyclic) bond motifs is 1. The zero-order valence-corrected chi connectivity index (χ0v) is 13.3. The monoisotopic (exact) mass is 343 g/mol. The van der Waals surface area contributed by atoms with E-state index in [1.165, 1.54) is 6.07 Å². The molecule has 0 saturated heterocycles. The van der Waals surface area contributed by atoms with Gasteiger partial charge in [0.1, 0.15) is 5.69 Å². The number of rotatable bonds is 4. The minimum Gasteiger partial charge on any atom is -0.351 e. The van der Waals surface area contributed by atoms with Gasteiger partial charge in [-0.25, -0.2) is 8.78 Å². The lowest BCUT2D eigenvalue weighted by Gasteiger charge is -2.06. The molecule has 1 aromatic heterocycles. The molecule has 25 heavy (non-hydrogen) atoms. The molecular formula is C18H15F2N3O2. The molecule has 0 radical (unpaired) electrons. The number of carbonyl (C=O) groups is 2. The van der Waals surface area contributed by atoms with Crippen LogP contribution >= 0.6 is 0 Å². The molecule has 0 fully saturated rings. The Bertz CT molecular complexity index is 966. The SMILES string of the molecule is Cc1ccc2[nH]c(C(=O)NCC(=O)Nc3ccc(F)c(F)c3)cc2c1. The van der Waals surface area contributed by atoms with E-state index in [1.54, 1.807) is 6.07 Å². The summed E-state index contributed by atoms with van der Waals surface area (Å²) in [6, 6.07) is 10.5. The van der Waals surface area contributed by atoms with Gasteiger partial charge in [0, 0.05) is 22.7 Å². The number of halogens is 2. The van der Waals surface area contributed by atoms with E-state index in [4.69, 9.17) is 0 Å². The van der Waals surface area contributed by atoms with Gasteiger partial charge in [0.15, 0.2) is 11.6 Å². The van der Waals surface area contributed by atoms with Crippen molar-refractivity contribution in [3.8, 4) is 0 Å². The summed E-state index contributed by atoms with van der Waals surface area (Å²) in [5.41, 5.74) is 2.34. The highest BCUT2D eigenvalue weighted by Crippen LogP contribution is 2.17. The Labute approximate surface area is 142 Å². The standard InChI is InChI=1S/C18H15F2N3O2/c1-10-2-5-15-11(6-10)7-16(23-15)18(25)21-9-17(24)22-12-3-4-13(19)14(20)8-12/h2-8,23H,9H2,1H3,(H,21,25)(H,22,24). The van der Waals surface area contributed by atoms with E-state index in [2.05, 4.69) is 15.6 Å². The summed E-state index contributed by atoms with van der Waals surface area (Å²) in [4.78, 5) is 26.9. The number of aromatic nitrogens is 1. The smallest absolute Gasteiger partial charge is 0.268 e. The molecule has 2 aromatic carbocycles. The first-order valence-corrected chi connectivity index (χ1v) is 7.55. The maximum Gasteiger partial charge on any atom is 0.268 e. The molecule has 0 bridgehead atoms. The van der Waals surface area contributed by atoms with Crippen molar-refractivity contribution in [3.63, 3.8) is 0 Å². The van der Waals surface area contributed by atoms with Crippen molar-refractivity contribution < 1.29 is 18.4 Å². The number of nitrogens with one attached hydrogen (secondary N) is 3. The molecule has 3 rings (SSSR count). The molecule has 0 unspecified atom stereocenters. The summed E-state index contributed by atoms with van der Waals surface area (Å²) < 4.78 is 25.9. The Hall–Kier alpha value is -3.22. The molecule has 0 aliphatic heterocycles. The van der Waals surface area contributed by atoms with Crippen LogP contribution in [0.4, 0.5) is 14.5 Å². The number of hydrogen-bond donors (Lipinski definition) is 3. The largest absolute Gasteiger partial charge is 0.351 e. The highest BCUT2D eigenvalue weighted by molar-refractivity contribution is 6.01. The first-order chi connectivity index (χ1) is 11.9. The predicted molar refractivity (Wildman–Crippen MR) is 90.4 cm³/mol. The van der Waals surface area contributed by atoms with E-state index in [1.807, 2.05) is 25.1 Å². The summed E-state index contributed by atoms with van der Waals surface area (Å²) in [6.07, 6.45) is 0. The van der Waals surface area contributed by atoms with Crippen LogP contribution < -0.4 is 10.6 Å². The van der Waals surface area contributed by atoms with Crippen LogP contribution in [-0.4, -0.2) is 23.3 Å². The van der Waals surface area contributed by atoms with Crippen molar-refractivity contribution in [1.29, 1.82) is 0 Å². The van der Waals surface area contributed by atoms with Crippen LogP contribution in [0.5, 0.6) is 0 Å². The number of H-pyrrole nitrogens is 1. The fraction of sp³-hybridized carbons (Fsp3) is 0.111. The van der Waals surface area contributed by atoms with Crippen molar-refractivity contribution in [1.82, 2.24) is 10.3 Å². The fourth-order valence-corrected chi connectivity index (χ4v) is 2.41. The van der Waals surface area contributed by atoms with Crippen LogP contribution in [0.15, 0.2) is 42.5 Å². The molecule has 0 aliphatic carbocycles. The van der Waals surface area contributed by atoms with Crippen molar-refractivity contribution in [2.45, 2.75) is 6.92 Å². The summed E-state index contributed by atoms with van der Waals surface area (Å²) in [6.45, 7) is 1.65. The van der Waals surface area contributed by atoms with Gasteiger partial charge < -0.3 is 15.6 Å². The minimum atomic E-state index is -1.06. The molecule has 3 N–H and O–H groups in total. The second kappa shape index (κ2) is 6.72. The lowest BCUT2D eigenvalue weighted by molar-refractivity contribution is -0.115. The number of anilines is 1. The molecular weight excluding hydrogens is 328 g/mol. The van der Waals surface area contributed by atoms with Gasteiger partial charge in [-0.2, -0.15) is 0 Å². The molecule has 1 heterocycles. The van der Waals surface area contributed by atoms with E-state index in [-0.39, 0.29) is 12.2 Å². The Morgan fingerprint density at radius 3 is 2.60 bits per heavy atom. The third kappa shape index (κ3) is 3.82. The quantitative estimate of drug-likeness (QED) is 0.681. The predicted octanol–water partition coefficient (Wildman–Crippen LogP) is 3.12. The van der Waals surface area contributed by atoms with Crippen LogP contribution in [0, 0.1) is 18.6 Å². The van der Waals surface area contributed by atoms with Crippen molar-refractivity contribution in [2.24, 2.45) is 0 Å². The number of hydrogen-bond acceptors (Lipinski definition) is 2. The molecule has 3 aromatic rings. The van der Waals surface area contributed by atoms with Crippen LogP contribution in [0.2, 0.25) is 0 Å². The number of aryl methyl sites for hydroxylation is 1. The van der Waals surface area contributed by atoms with E-state index < -0.39 is 23.4 Å². The minimum absolute atomic E-state index is 0.110. The maximum absolute atomic E-state index is 13.1. The van der Waals surface area contributed by atoms with Gasteiger partial charge in [0.25, 0.3) is 5.91 Å². The van der Waals surface area contributed by atoms with Crippen molar-refractivity contribution >= 4 is 28.4 Å². The van der Waals surface area contributed by atoms with E-state index in [0.717, 1.165) is 28.6 Å². The molecule has 0 aliphatic rings. The topological polar surface area (TPSA) is 74.0 Å². The zero-order chi connectivity index (χ0) is 18.0. The second-order valence-corrected chi connectivity index (χ2v) is 5.63. The third-order valence-corrected chi connectivity index (χ3v) is 3.63. The molecule has 0 saturated carbocycles. The highest BCUT2D eigenvalue weighted by Gasteiger charge is 2.12. The molecule has 7 heteroatoms. The number of benzene rings is 2. The van der Waals surface area contributed by atoms with Gasteiger partial charge in [-0.15, -0.1) is 0 Å². The van der Waals surface area contributed by atoms with Crippen LogP contribution in [0.1, 0.15) is 16.1 Å². The molecule has 128 valence electrons. The van der Waals surface area contributed by atoms with Gasteiger partial charge in [-0.1, -0.05) is 11.6 Å². The van der Waals surface area contributed by atoms with Crippen LogP contribution in [0.3, 0.4) is 0 Å². The zero-order valence-electron chi connectivity index (χ0n) is 13.3. The first kappa shape index (κ1) is 16.6. The van der Waals surface area contributed by atoms with Crippen LogP contribution in [0.25, 0.3) is 10.9 Å². The summed E-state index contributed by atoms with van der Waals surface area (Å²) in [5.74, 6) is -3.05. The summed E-state index contributed by atoms with van der Waals surface area (Å²) in [7, 11) is 0. The molecule has 0 atom stereocenters. The fourth-order valence-electron chi connectivity index (χ4n) is 2.41. The summed E-state index contributed by atoms with van der Waals surface area (Å²) >= 11 is 0. The van der Waals surface area contributed by atoms with Crippen LogP contribution in [-0.2, 0) is 4.79 Å². The Kier molecular flexibility index (Phi) is 4.47. The Morgan fingerprint density at radius 1 is 1.04 bits per heavy atom. The third-order valence-electron chi connectivity index (χ3n) is 3.63. The average molecular weight is 343 g/mol. The van der Waals surface area contributed by atoms with E-state index in [9.17, 15) is 18.4 Å². The molecule has 5 nitrogen and oxygen atoms in total. The van der Waals surface area contributed by atoms with Gasteiger partial charge in [0.05, 0.1) is 6.54 Å². The first-order valence-electron chi connectivity index (χ1n) is 7.55. The van der Waals surface area contributed by atoms with Gasteiger partial charge in [-0.3, -0.25) is 9.59 Å². The Morgan fingerprint density at radius 2 is 1.84 bits per heavy atom. The number of amides is 2. The normalized spacial score (nSPS) is 10.7. The average Bonchev–Trinajstić information content (AvgIpc) is 2.99. The second-order valence-electron chi connectivity index (χ2n) is 5.63. The number of aromatic amines is 1. The molecule has 0 spiro atoms. The maximum atomic E-state index is 13.1. The van der Waals surface area contributed by atoms with Gasteiger partial charge in [-0.05, 0) is 37.3 Å². The molecule has 2 amide bonds. The van der Waals surface area contributed by atoms with Crippen molar-refractivity contribution in [2.75, 3.05) is 11.9 Å². The highest BCUT2D eigenvalue weighted by atomic mass is 19.2.